The first kappa shape index (κ1) is 8.05. The van der Waals surface area contributed by atoms with Gasteiger partial charge in [0.1, 0.15) is 0 Å². The molecule has 0 saturated heterocycles. The molecule has 60 valence electrons. The van der Waals surface area contributed by atoms with E-state index < -0.39 is 0 Å². The Labute approximate surface area is 67.5 Å². The van der Waals surface area contributed by atoms with E-state index in [0.29, 0.717) is 0 Å². The maximum Gasteiger partial charge on any atom is 0.0596 e. The van der Waals surface area contributed by atoms with Gasteiger partial charge < -0.3 is 0 Å². The number of nitrogens with zero attached hydrogens (tertiary/aromatic N) is 2. The van der Waals surface area contributed by atoms with Crippen molar-refractivity contribution in [1.29, 1.82) is 0 Å². The van der Waals surface area contributed by atoms with Crippen LogP contribution in [0, 0.1) is 13.8 Å². The van der Waals surface area contributed by atoms with Gasteiger partial charge in [0, 0.05) is 12.2 Å². The number of aryl methyl sites for hydroxylation is 3. The van der Waals surface area contributed by atoms with E-state index in [1.54, 1.807) is 0 Å². The van der Waals surface area contributed by atoms with Crippen molar-refractivity contribution in [3.05, 3.63) is 30.1 Å². The van der Waals surface area contributed by atoms with Crippen LogP contribution in [0.5, 0.6) is 0 Å². The van der Waals surface area contributed by atoms with Crippen molar-refractivity contribution in [2.24, 2.45) is 0 Å². The molecule has 1 aromatic rings. The summed E-state index contributed by atoms with van der Waals surface area (Å²) in [6.45, 7) is 8.70. The highest BCUT2D eigenvalue weighted by atomic mass is 15.3. The highest BCUT2D eigenvalue weighted by molar-refractivity contribution is 5.06. The van der Waals surface area contributed by atoms with Crippen LogP contribution >= 0.6 is 0 Å². The number of allylic oxidation sites excluding steroid dienone is 1. The number of hydrogen-bond donors (Lipinski definition) is 0. The Balaban J connectivity index is 2.69. The second-order valence-electron chi connectivity index (χ2n) is 2.73. The van der Waals surface area contributed by atoms with Crippen molar-refractivity contribution in [2.75, 3.05) is 0 Å². The van der Waals surface area contributed by atoms with Gasteiger partial charge in [0.15, 0.2) is 0 Å². The fourth-order valence-electron chi connectivity index (χ4n) is 1.11. The van der Waals surface area contributed by atoms with Crippen molar-refractivity contribution in [1.82, 2.24) is 9.78 Å². The van der Waals surface area contributed by atoms with Gasteiger partial charge in [-0.2, -0.15) is 5.10 Å². The summed E-state index contributed by atoms with van der Waals surface area (Å²) in [6, 6.07) is 2.09. The highest BCUT2D eigenvalue weighted by Gasteiger charge is 1.97. The van der Waals surface area contributed by atoms with Gasteiger partial charge in [-0.1, -0.05) is 6.08 Å². The minimum Gasteiger partial charge on any atom is -0.269 e. The average Bonchev–Trinajstić information content (AvgIpc) is 2.26. The smallest absolute Gasteiger partial charge is 0.0596 e. The van der Waals surface area contributed by atoms with Crippen LogP contribution in [-0.4, -0.2) is 9.78 Å². The number of rotatable bonds is 3. The summed E-state index contributed by atoms with van der Waals surface area (Å²) in [5.41, 5.74) is 2.32. The molecule has 0 atom stereocenters. The third-order valence-corrected chi connectivity index (χ3v) is 1.65. The molecular formula is C9H14N2. The summed E-state index contributed by atoms with van der Waals surface area (Å²) in [6.07, 6.45) is 2.90. The van der Waals surface area contributed by atoms with Gasteiger partial charge in [-0.15, -0.1) is 6.58 Å². The van der Waals surface area contributed by atoms with E-state index in [0.717, 1.165) is 18.7 Å². The van der Waals surface area contributed by atoms with E-state index in [4.69, 9.17) is 0 Å². The lowest BCUT2D eigenvalue weighted by Gasteiger charge is -1.99. The SMILES string of the molecule is C=CCCn1nc(C)cc1C. The van der Waals surface area contributed by atoms with E-state index >= 15 is 0 Å². The maximum absolute atomic E-state index is 4.32. The second kappa shape index (κ2) is 3.37. The Morgan fingerprint density at radius 1 is 1.64 bits per heavy atom. The molecule has 0 bridgehead atoms. The second-order valence-corrected chi connectivity index (χ2v) is 2.73. The summed E-state index contributed by atoms with van der Waals surface area (Å²) in [7, 11) is 0. The van der Waals surface area contributed by atoms with Gasteiger partial charge in [0.05, 0.1) is 5.69 Å². The van der Waals surface area contributed by atoms with Crippen LogP contribution in [0.4, 0.5) is 0 Å². The Bertz CT molecular complexity index is 248. The molecule has 0 aromatic carbocycles. The summed E-state index contributed by atoms with van der Waals surface area (Å²) >= 11 is 0. The Morgan fingerprint density at radius 3 is 2.82 bits per heavy atom. The minimum absolute atomic E-state index is 0.948. The molecule has 0 spiro atoms. The van der Waals surface area contributed by atoms with Crippen molar-refractivity contribution < 1.29 is 0 Å². The molecule has 0 amide bonds. The Hall–Kier alpha value is -1.05. The molecule has 2 heteroatoms. The average molecular weight is 150 g/mol. The molecule has 0 aliphatic carbocycles. The van der Waals surface area contributed by atoms with Crippen LogP contribution in [0.1, 0.15) is 17.8 Å². The fraction of sp³-hybridized carbons (Fsp3) is 0.444. The van der Waals surface area contributed by atoms with Crippen LogP contribution < -0.4 is 0 Å². The molecular weight excluding hydrogens is 136 g/mol. The topological polar surface area (TPSA) is 17.8 Å². The maximum atomic E-state index is 4.32. The number of aromatic nitrogens is 2. The zero-order valence-electron chi connectivity index (χ0n) is 7.17. The van der Waals surface area contributed by atoms with Gasteiger partial charge in [-0.05, 0) is 26.3 Å². The van der Waals surface area contributed by atoms with Crippen LogP contribution in [0.3, 0.4) is 0 Å². The lowest BCUT2D eigenvalue weighted by Crippen LogP contribution is -2.01. The van der Waals surface area contributed by atoms with E-state index in [1.165, 1.54) is 5.69 Å². The minimum atomic E-state index is 0.948. The zero-order chi connectivity index (χ0) is 8.27. The first-order valence-corrected chi connectivity index (χ1v) is 3.86. The quantitative estimate of drug-likeness (QED) is 0.603. The molecule has 11 heavy (non-hydrogen) atoms. The van der Waals surface area contributed by atoms with E-state index in [2.05, 4.69) is 24.7 Å². The Kier molecular flexibility index (Phi) is 2.47. The zero-order valence-corrected chi connectivity index (χ0v) is 7.17. The molecule has 1 aromatic heterocycles. The summed E-state index contributed by atoms with van der Waals surface area (Å²) in [5, 5.41) is 4.32. The molecule has 1 rings (SSSR count). The molecule has 0 saturated carbocycles. The van der Waals surface area contributed by atoms with Gasteiger partial charge in [0.2, 0.25) is 0 Å². The van der Waals surface area contributed by atoms with E-state index in [-0.39, 0.29) is 0 Å². The van der Waals surface area contributed by atoms with Crippen molar-refractivity contribution in [3.8, 4) is 0 Å². The first-order chi connectivity index (χ1) is 5.24. The van der Waals surface area contributed by atoms with Crippen molar-refractivity contribution in [3.63, 3.8) is 0 Å². The fourth-order valence-corrected chi connectivity index (χ4v) is 1.11. The summed E-state index contributed by atoms with van der Waals surface area (Å²) in [5.74, 6) is 0. The summed E-state index contributed by atoms with van der Waals surface area (Å²) in [4.78, 5) is 0. The summed E-state index contributed by atoms with van der Waals surface area (Å²) < 4.78 is 2.01. The van der Waals surface area contributed by atoms with Crippen LogP contribution in [0.15, 0.2) is 18.7 Å². The standard InChI is InChI=1S/C9H14N2/c1-4-5-6-11-9(3)7-8(2)10-11/h4,7H,1,5-6H2,2-3H3. The molecule has 0 unspecified atom stereocenters. The molecule has 0 aliphatic rings. The largest absolute Gasteiger partial charge is 0.269 e. The molecule has 0 radical (unpaired) electrons. The van der Waals surface area contributed by atoms with Gasteiger partial charge in [0.25, 0.3) is 0 Å². The Morgan fingerprint density at radius 2 is 2.36 bits per heavy atom. The van der Waals surface area contributed by atoms with Gasteiger partial charge >= 0.3 is 0 Å². The molecule has 0 aliphatic heterocycles. The van der Waals surface area contributed by atoms with E-state index in [9.17, 15) is 0 Å². The molecule has 0 N–H and O–H groups in total. The monoisotopic (exact) mass is 150 g/mol. The predicted molar refractivity (Wildman–Crippen MR) is 46.5 cm³/mol. The van der Waals surface area contributed by atoms with Crippen LogP contribution in [0.25, 0.3) is 0 Å². The van der Waals surface area contributed by atoms with E-state index in [1.807, 2.05) is 17.7 Å². The van der Waals surface area contributed by atoms with Crippen LogP contribution in [0.2, 0.25) is 0 Å². The van der Waals surface area contributed by atoms with Crippen molar-refractivity contribution >= 4 is 0 Å². The molecule has 2 nitrogen and oxygen atoms in total. The third kappa shape index (κ3) is 1.93. The van der Waals surface area contributed by atoms with Crippen molar-refractivity contribution in [2.45, 2.75) is 26.8 Å². The normalized spacial score (nSPS) is 10.0. The molecule has 0 fully saturated rings. The first-order valence-electron chi connectivity index (χ1n) is 3.86. The lowest BCUT2D eigenvalue weighted by molar-refractivity contribution is 0.602. The van der Waals surface area contributed by atoms with Gasteiger partial charge in [-0.3, -0.25) is 4.68 Å². The highest BCUT2D eigenvalue weighted by Crippen LogP contribution is 2.02. The third-order valence-electron chi connectivity index (χ3n) is 1.65. The molecule has 1 heterocycles. The van der Waals surface area contributed by atoms with Crippen LogP contribution in [-0.2, 0) is 6.54 Å². The number of hydrogen-bond acceptors (Lipinski definition) is 1. The van der Waals surface area contributed by atoms with Gasteiger partial charge in [-0.25, -0.2) is 0 Å². The predicted octanol–water partition coefficient (Wildman–Crippen LogP) is 2.08. The lowest BCUT2D eigenvalue weighted by atomic mass is 10.4.